The minimum atomic E-state index is -0.248. The molecule has 1 rings (SSSR count). The fourth-order valence-electron chi connectivity index (χ4n) is 0.922. The van der Waals surface area contributed by atoms with Gasteiger partial charge < -0.3 is 4.74 Å². The highest BCUT2D eigenvalue weighted by Gasteiger charge is 2.08. The van der Waals surface area contributed by atoms with Gasteiger partial charge in [-0.2, -0.15) is 0 Å². The molecule has 0 amide bonds. The van der Waals surface area contributed by atoms with Crippen LogP contribution in [0.15, 0.2) is 16.7 Å². The highest BCUT2D eigenvalue weighted by molar-refractivity contribution is 14.1. The van der Waals surface area contributed by atoms with Gasteiger partial charge in [0.2, 0.25) is 0 Å². The van der Waals surface area contributed by atoms with Gasteiger partial charge in [0, 0.05) is 14.2 Å². The van der Waals surface area contributed by atoms with E-state index in [1.807, 2.05) is 6.07 Å². The van der Waals surface area contributed by atoms with E-state index in [1.165, 1.54) is 0 Å². The van der Waals surface area contributed by atoms with Crippen LogP contribution in [0.1, 0.15) is 12.6 Å². The minimum Gasteiger partial charge on any atom is -0.466 e. The normalized spacial score (nSPS) is 9.93. The third-order valence-electron chi connectivity index (χ3n) is 1.50. The summed E-state index contributed by atoms with van der Waals surface area (Å²) in [5, 5.41) is 0. The van der Waals surface area contributed by atoms with Crippen LogP contribution in [0.3, 0.4) is 0 Å². The molecule has 0 fully saturated rings. The summed E-state index contributed by atoms with van der Waals surface area (Å²) < 4.78 is 6.70. The maximum absolute atomic E-state index is 11.2. The maximum Gasteiger partial charge on any atom is 0.311 e. The molecule has 0 radical (unpaired) electrons. The summed E-state index contributed by atoms with van der Waals surface area (Å²) in [4.78, 5) is 15.3. The first-order valence-electron chi connectivity index (χ1n) is 4.09. The van der Waals surface area contributed by atoms with E-state index < -0.39 is 0 Å². The third-order valence-corrected chi connectivity index (χ3v) is 2.78. The summed E-state index contributed by atoms with van der Waals surface area (Å²) in [5.74, 6) is -0.248. The first-order valence-corrected chi connectivity index (χ1v) is 5.96. The lowest BCUT2D eigenvalue weighted by Gasteiger charge is -2.03. The quantitative estimate of drug-likeness (QED) is 0.607. The summed E-state index contributed by atoms with van der Waals surface area (Å²) in [6.07, 6.45) is 1.94. The van der Waals surface area contributed by atoms with Crippen molar-refractivity contribution in [3.8, 4) is 0 Å². The molecular weight excluding hydrogens is 361 g/mol. The summed E-state index contributed by atoms with van der Waals surface area (Å²) >= 11 is 5.52. The molecule has 0 bridgehead atoms. The van der Waals surface area contributed by atoms with Gasteiger partial charge in [0.15, 0.2) is 0 Å². The first-order chi connectivity index (χ1) is 6.63. The lowest BCUT2D eigenvalue weighted by molar-refractivity contribution is -0.142. The highest BCUT2D eigenvalue weighted by Crippen LogP contribution is 2.17. The van der Waals surface area contributed by atoms with Gasteiger partial charge >= 0.3 is 5.97 Å². The van der Waals surface area contributed by atoms with Gasteiger partial charge in [0.25, 0.3) is 0 Å². The van der Waals surface area contributed by atoms with Crippen molar-refractivity contribution in [1.29, 1.82) is 0 Å². The summed E-state index contributed by atoms with van der Waals surface area (Å²) in [5.41, 5.74) is 0.712. The largest absolute Gasteiger partial charge is 0.466 e. The molecule has 0 N–H and O–H groups in total. The molecule has 0 aliphatic heterocycles. The molecule has 1 heterocycles. The fraction of sp³-hybridized carbons (Fsp3) is 0.333. The van der Waals surface area contributed by atoms with E-state index in [-0.39, 0.29) is 12.4 Å². The van der Waals surface area contributed by atoms with Gasteiger partial charge in [-0.05, 0) is 51.5 Å². The van der Waals surface area contributed by atoms with E-state index in [4.69, 9.17) is 4.74 Å². The van der Waals surface area contributed by atoms with Gasteiger partial charge in [-0.3, -0.25) is 9.78 Å². The molecule has 0 aromatic carbocycles. The molecule has 0 unspecified atom stereocenters. The van der Waals surface area contributed by atoms with Crippen molar-refractivity contribution in [2.24, 2.45) is 0 Å². The molecule has 76 valence electrons. The topological polar surface area (TPSA) is 39.2 Å². The van der Waals surface area contributed by atoms with Crippen LogP contribution < -0.4 is 0 Å². The summed E-state index contributed by atoms with van der Waals surface area (Å²) in [6.45, 7) is 2.19. The number of rotatable bonds is 3. The van der Waals surface area contributed by atoms with Crippen molar-refractivity contribution in [3.63, 3.8) is 0 Å². The van der Waals surface area contributed by atoms with Crippen LogP contribution >= 0.6 is 38.5 Å². The monoisotopic (exact) mass is 369 g/mol. The molecule has 5 heteroatoms. The molecule has 0 spiro atoms. The lowest BCUT2D eigenvalue weighted by atomic mass is 10.3. The SMILES string of the molecule is CCOC(=O)Cc1ncc(I)cc1Br. The standard InChI is InChI=1S/C9H9BrINO2/c1-2-14-9(13)4-8-7(10)3-6(11)5-12-8/h3,5H,2,4H2,1H3. The zero-order chi connectivity index (χ0) is 10.6. The van der Waals surface area contributed by atoms with Gasteiger partial charge in [0.1, 0.15) is 0 Å². The Bertz CT molecular complexity index is 344. The van der Waals surface area contributed by atoms with Crippen molar-refractivity contribution >= 4 is 44.5 Å². The van der Waals surface area contributed by atoms with Crippen LogP contribution in [-0.2, 0) is 16.0 Å². The molecule has 0 aliphatic carbocycles. The zero-order valence-electron chi connectivity index (χ0n) is 7.59. The molecule has 1 aromatic heterocycles. The molecule has 0 aliphatic rings. The van der Waals surface area contributed by atoms with Gasteiger partial charge in [-0.1, -0.05) is 0 Å². The van der Waals surface area contributed by atoms with Crippen molar-refractivity contribution in [2.75, 3.05) is 6.61 Å². The zero-order valence-corrected chi connectivity index (χ0v) is 11.3. The Morgan fingerprint density at radius 3 is 3.00 bits per heavy atom. The van der Waals surface area contributed by atoms with Crippen LogP contribution in [0, 0.1) is 3.57 Å². The van der Waals surface area contributed by atoms with Crippen LogP contribution in [0.2, 0.25) is 0 Å². The third kappa shape index (κ3) is 3.53. The van der Waals surface area contributed by atoms with Gasteiger partial charge in [-0.25, -0.2) is 0 Å². The van der Waals surface area contributed by atoms with E-state index in [0.717, 1.165) is 8.04 Å². The van der Waals surface area contributed by atoms with Crippen molar-refractivity contribution in [2.45, 2.75) is 13.3 Å². The minimum absolute atomic E-state index is 0.214. The van der Waals surface area contributed by atoms with E-state index in [9.17, 15) is 4.79 Å². The summed E-state index contributed by atoms with van der Waals surface area (Å²) in [6, 6.07) is 1.92. The Kier molecular flexibility index (Phi) is 4.80. The van der Waals surface area contributed by atoms with E-state index in [0.29, 0.717) is 12.3 Å². The number of aromatic nitrogens is 1. The summed E-state index contributed by atoms with van der Waals surface area (Å²) in [7, 11) is 0. The molecule has 0 atom stereocenters. The molecular formula is C9H9BrINO2. The second-order valence-electron chi connectivity index (χ2n) is 2.56. The number of halogens is 2. The second-order valence-corrected chi connectivity index (χ2v) is 4.66. The Labute approximate surface area is 105 Å². The number of carbonyl (C=O) groups is 1. The number of ether oxygens (including phenoxy) is 1. The first kappa shape index (κ1) is 11.9. The predicted molar refractivity (Wildman–Crippen MR) is 65.0 cm³/mol. The Morgan fingerprint density at radius 2 is 2.43 bits per heavy atom. The molecule has 0 saturated carbocycles. The second kappa shape index (κ2) is 5.65. The smallest absolute Gasteiger partial charge is 0.311 e. The Morgan fingerprint density at radius 1 is 1.71 bits per heavy atom. The van der Waals surface area contributed by atoms with E-state index in [2.05, 4.69) is 43.5 Å². The molecule has 1 aromatic rings. The van der Waals surface area contributed by atoms with Crippen LogP contribution in [0.25, 0.3) is 0 Å². The highest BCUT2D eigenvalue weighted by atomic mass is 127. The number of carbonyl (C=O) groups excluding carboxylic acids is 1. The number of pyridine rings is 1. The number of hydrogen-bond donors (Lipinski definition) is 0. The van der Waals surface area contributed by atoms with Crippen molar-refractivity contribution in [3.05, 3.63) is 26.0 Å². The fourth-order valence-corrected chi connectivity index (χ4v) is 2.29. The average molecular weight is 370 g/mol. The number of nitrogens with zero attached hydrogens (tertiary/aromatic N) is 1. The van der Waals surface area contributed by atoms with Crippen LogP contribution in [0.4, 0.5) is 0 Å². The molecule has 14 heavy (non-hydrogen) atoms. The van der Waals surface area contributed by atoms with Crippen molar-refractivity contribution in [1.82, 2.24) is 4.98 Å². The Balaban J connectivity index is 2.72. The van der Waals surface area contributed by atoms with Crippen molar-refractivity contribution < 1.29 is 9.53 Å². The van der Waals surface area contributed by atoms with Gasteiger partial charge in [-0.15, -0.1) is 0 Å². The maximum atomic E-state index is 11.2. The number of hydrogen-bond acceptors (Lipinski definition) is 3. The van der Waals surface area contributed by atoms with Crippen LogP contribution in [0.5, 0.6) is 0 Å². The van der Waals surface area contributed by atoms with Crippen LogP contribution in [-0.4, -0.2) is 17.6 Å². The lowest BCUT2D eigenvalue weighted by Crippen LogP contribution is -2.09. The van der Waals surface area contributed by atoms with Gasteiger partial charge in [0.05, 0.1) is 18.7 Å². The average Bonchev–Trinajstić information content (AvgIpc) is 2.10. The predicted octanol–water partition coefficient (Wildman–Crippen LogP) is 2.55. The number of esters is 1. The van der Waals surface area contributed by atoms with E-state index >= 15 is 0 Å². The van der Waals surface area contributed by atoms with E-state index in [1.54, 1.807) is 13.1 Å². The Hall–Kier alpha value is -0.170. The molecule has 0 saturated heterocycles. The molecule has 3 nitrogen and oxygen atoms in total.